The minimum absolute atomic E-state index is 0. The Hall–Kier alpha value is -1.17. The lowest BCUT2D eigenvalue weighted by Gasteiger charge is -2.55. The van der Waals surface area contributed by atoms with E-state index >= 15 is 0 Å². The van der Waals surface area contributed by atoms with E-state index in [9.17, 15) is 4.79 Å². The smallest absolute Gasteiger partial charge is 0.267 e. The van der Waals surface area contributed by atoms with Crippen LogP contribution < -0.4 is 5.73 Å². The lowest BCUT2D eigenvalue weighted by molar-refractivity contribution is -0.168. The molecule has 1 amide bonds. The number of rotatable bonds is 4. The van der Waals surface area contributed by atoms with Crippen LogP contribution in [0.1, 0.15) is 42.2 Å². The quantitative estimate of drug-likeness (QED) is 0.913. The van der Waals surface area contributed by atoms with Crippen molar-refractivity contribution < 1.29 is 9.53 Å². The molecule has 6 heteroatoms. The van der Waals surface area contributed by atoms with E-state index < -0.39 is 5.91 Å². The maximum absolute atomic E-state index is 11.5. The van der Waals surface area contributed by atoms with E-state index in [1.54, 1.807) is 13.3 Å². The number of primary amides is 1. The number of methoxy groups -OCH3 is 1. The predicted molar refractivity (Wildman–Crippen MR) is 91.6 cm³/mol. The molecule has 3 rings (SSSR count). The molecule has 0 radical (unpaired) electrons. The Morgan fingerprint density at radius 3 is 2.61 bits per heavy atom. The molecule has 2 fully saturated rings. The van der Waals surface area contributed by atoms with Crippen molar-refractivity contribution >= 4 is 18.3 Å². The van der Waals surface area contributed by atoms with Crippen molar-refractivity contribution in [3.8, 4) is 0 Å². The number of carbonyl (C=O) groups is 1. The fraction of sp³-hybridized carbons (Fsp3) is 0.647. The lowest BCUT2D eigenvalue weighted by atomic mass is 9.62. The van der Waals surface area contributed by atoms with Gasteiger partial charge in [0.05, 0.1) is 0 Å². The minimum Gasteiger partial charge on any atom is -0.373 e. The third-order valence-electron chi connectivity index (χ3n) is 5.52. The highest BCUT2D eigenvalue weighted by atomic mass is 35.5. The zero-order valence-electron chi connectivity index (χ0n) is 13.8. The summed E-state index contributed by atoms with van der Waals surface area (Å²) < 4.78 is 6.15. The van der Waals surface area contributed by atoms with Gasteiger partial charge in [-0.15, -0.1) is 12.4 Å². The van der Waals surface area contributed by atoms with E-state index in [0.717, 1.165) is 38.0 Å². The van der Waals surface area contributed by atoms with Crippen molar-refractivity contribution in [2.45, 2.75) is 31.8 Å². The summed E-state index contributed by atoms with van der Waals surface area (Å²) in [5.74, 6) is 0.422. The molecule has 2 atom stereocenters. The molecule has 2 bridgehead atoms. The standard InChI is InChI=1S/C17H25N3O2.ClH/c1-3-20-10-13-5-4-6-14(11-20)17(13,22-2)12-7-8-19-15(9-12)16(18)21;/h7-9,13-14H,3-6,10-11H2,1-2H3,(H2,18,21);1H. The van der Waals surface area contributed by atoms with Gasteiger partial charge >= 0.3 is 0 Å². The SMILES string of the molecule is CCN1CC2CCCC(C1)C2(OC)c1ccnc(C(N)=O)c1.Cl. The number of pyridine rings is 1. The zero-order chi connectivity index (χ0) is 15.7. The first kappa shape index (κ1) is 18.2. The molecule has 2 heterocycles. The average Bonchev–Trinajstić information content (AvgIpc) is 2.53. The molecule has 0 spiro atoms. The molecule has 128 valence electrons. The van der Waals surface area contributed by atoms with Crippen LogP contribution in [0, 0.1) is 11.8 Å². The Bertz CT molecular complexity index is 553. The van der Waals surface area contributed by atoms with Gasteiger partial charge in [-0.05, 0) is 37.1 Å². The van der Waals surface area contributed by atoms with Gasteiger partial charge in [-0.1, -0.05) is 13.3 Å². The third-order valence-corrected chi connectivity index (χ3v) is 5.52. The number of carbonyl (C=O) groups excluding carboxylic acids is 1. The number of hydrogen-bond donors (Lipinski definition) is 1. The molecule has 1 saturated carbocycles. The van der Waals surface area contributed by atoms with Crippen LogP contribution in [0.3, 0.4) is 0 Å². The lowest BCUT2D eigenvalue weighted by Crippen LogP contribution is -2.59. The highest BCUT2D eigenvalue weighted by Gasteiger charge is 2.53. The van der Waals surface area contributed by atoms with Gasteiger partial charge in [0.25, 0.3) is 5.91 Å². The molecule has 23 heavy (non-hydrogen) atoms. The molecular formula is C17H26ClN3O2. The molecule has 0 aromatic carbocycles. The molecule has 1 aliphatic carbocycles. The maximum atomic E-state index is 11.5. The highest BCUT2D eigenvalue weighted by Crippen LogP contribution is 2.51. The molecule has 1 aromatic rings. The molecular weight excluding hydrogens is 314 g/mol. The number of likely N-dealkylation sites (tertiary alicyclic amines) is 1. The number of hydrogen-bond acceptors (Lipinski definition) is 4. The second-order valence-electron chi connectivity index (χ2n) is 6.47. The minimum atomic E-state index is -0.482. The van der Waals surface area contributed by atoms with Crippen LogP contribution in [0.5, 0.6) is 0 Å². The number of amides is 1. The number of nitrogens with zero attached hydrogens (tertiary/aromatic N) is 2. The van der Waals surface area contributed by atoms with Crippen LogP contribution in [-0.2, 0) is 10.3 Å². The second kappa shape index (κ2) is 7.16. The summed E-state index contributed by atoms with van der Waals surface area (Å²) in [5, 5.41) is 0. The Kier molecular flexibility index (Phi) is 5.65. The Labute approximate surface area is 144 Å². The molecule has 2 unspecified atom stereocenters. The van der Waals surface area contributed by atoms with Gasteiger partial charge in [0, 0.05) is 38.2 Å². The number of fused-ring (bicyclic) bond motifs is 2. The fourth-order valence-electron chi connectivity index (χ4n) is 4.51. The van der Waals surface area contributed by atoms with Crippen molar-refractivity contribution in [1.82, 2.24) is 9.88 Å². The molecule has 2 aliphatic rings. The van der Waals surface area contributed by atoms with Gasteiger partial charge in [-0.2, -0.15) is 0 Å². The van der Waals surface area contributed by atoms with Crippen molar-refractivity contribution in [2.75, 3.05) is 26.7 Å². The van der Waals surface area contributed by atoms with Crippen LogP contribution >= 0.6 is 12.4 Å². The Morgan fingerprint density at radius 1 is 1.43 bits per heavy atom. The number of nitrogens with two attached hydrogens (primary N) is 1. The third kappa shape index (κ3) is 2.97. The monoisotopic (exact) mass is 339 g/mol. The van der Waals surface area contributed by atoms with Gasteiger partial charge in [0.15, 0.2) is 0 Å². The van der Waals surface area contributed by atoms with Crippen LogP contribution in [-0.4, -0.2) is 42.5 Å². The average molecular weight is 340 g/mol. The fourth-order valence-corrected chi connectivity index (χ4v) is 4.51. The van der Waals surface area contributed by atoms with E-state index in [-0.39, 0.29) is 18.0 Å². The van der Waals surface area contributed by atoms with Crippen LogP contribution in [0.2, 0.25) is 0 Å². The molecule has 1 saturated heterocycles. The van der Waals surface area contributed by atoms with Crippen molar-refractivity contribution in [3.63, 3.8) is 0 Å². The highest BCUT2D eigenvalue weighted by molar-refractivity contribution is 5.90. The number of ether oxygens (including phenoxy) is 1. The molecule has 1 aliphatic heterocycles. The number of aromatic nitrogens is 1. The van der Waals surface area contributed by atoms with Crippen LogP contribution in [0.4, 0.5) is 0 Å². The number of piperidine rings is 1. The summed E-state index contributed by atoms with van der Waals surface area (Å²) in [4.78, 5) is 18.1. The van der Waals surface area contributed by atoms with Crippen molar-refractivity contribution in [1.29, 1.82) is 0 Å². The molecule has 2 N–H and O–H groups in total. The summed E-state index contributed by atoms with van der Waals surface area (Å²) in [6, 6.07) is 3.82. The van der Waals surface area contributed by atoms with Gasteiger partial charge < -0.3 is 15.4 Å². The predicted octanol–water partition coefficient (Wildman–Crippen LogP) is 2.20. The van der Waals surface area contributed by atoms with Gasteiger partial charge in [-0.3, -0.25) is 9.78 Å². The first-order valence-electron chi connectivity index (χ1n) is 8.15. The van der Waals surface area contributed by atoms with Crippen LogP contribution in [0.15, 0.2) is 18.3 Å². The van der Waals surface area contributed by atoms with Crippen LogP contribution in [0.25, 0.3) is 0 Å². The largest absolute Gasteiger partial charge is 0.373 e. The summed E-state index contributed by atoms with van der Waals surface area (Å²) in [6.45, 7) is 5.40. The van der Waals surface area contributed by atoms with Crippen molar-refractivity contribution in [2.24, 2.45) is 17.6 Å². The second-order valence-corrected chi connectivity index (χ2v) is 6.47. The number of halogens is 1. The molecule has 5 nitrogen and oxygen atoms in total. The van der Waals surface area contributed by atoms with E-state index in [0.29, 0.717) is 17.5 Å². The summed E-state index contributed by atoms with van der Waals surface area (Å²) in [5.41, 5.74) is 6.48. The zero-order valence-corrected chi connectivity index (χ0v) is 14.6. The normalized spacial score (nSPS) is 30.5. The van der Waals surface area contributed by atoms with E-state index in [1.807, 2.05) is 12.1 Å². The Morgan fingerprint density at radius 2 is 2.09 bits per heavy atom. The first-order valence-corrected chi connectivity index (χ1v) is 8.15. The molecule has 1 aromatic heterocycles. The summed E-state index contributed by atoms with van der Waals surface area (Å²) >= 11 is 0. The summed E-state index contributed by atoms with van der Waals surface area (Å²) in [6.07, 6.45) is 5.26. The topological polar surface area (TPSA) is 68.4 Å². The van der Waals surface area contributed by atoms with E-state index in [4.69, 9.17) is 10.5 Å². The van der Waals surface area contributed by atoms with E-state index in [1.165, 1.54) is 6.42 Å². The summed E-state index contributed by atoms with van der Waals surface area (Å²) in [7, 11) is 1.80. The van der Waals surface area contributed by atoms with Gasteiger partial charge in [0.1, 0.15) is 11.3 Å². The van der Waals surface area contributed by atoms with Crippen molar-refractivity contribution in [3.05, 3.63) is 29.6 Å². The van der Waals surface area contributed by atoms with Gasteiger partial charge in [0.2, 0.25) is 0 Å². The van der Waals surface area contributed by atoms with E-state index in [2.05, 4.69) is 16.8 Å². The Balaban J connectivity index is 0.00000192. The van der Waals surface area contributed by atoms with Gasteiger partial charge in [-0.25, -0.2) is 0 Å². The maximum Gasteiger partial charge on any atom is 0.267 e. The first-order chi connectivity index (χ1) is 10.6.